The molecule has 1 amide bonds. The summed E-state index contributed by atoms with van der Waals surface area (Å²) in [5, 5.41) is 5.67. The van der Waals surface area contributed by atoms with Crippen molar-refractivity contribution in [1.29, 1.82) is 0 Å². The molecule has 0 aliphatic rings. The number of carbonyl (C=O) groups excluding carboxylic acids is 1. The number of benzene rings is 2. The molecule has 0 atom stereocenters. The van der Waals surface area contributed by atoms with Crippen molar-refractivity contribution in [3.05, 3.63) is 77.1 Å². The Balaban J connectivity index is 0.000000230. The largest absolute Gasteiger partial charge is 0.349 e. The molecular weight excluding hydrogens is 356 g/mol. The summed E-state index contributed by atoms with van der Waals surface area (Å²) in [6, 6.07) is 16.5. The molecule has 1 heterocycles. The first-order valence-corrected chi connectivity index (χ1v) is 10.6. The van der Waals surface area contributed by atoms with Gasteiger partial charge in [0.25, 0.3) is 5.91 Å². The minimum absolute atomic E-state index is 0.0723. The summed E-state index contributed by atoms with van der Waals surface area (Å²) in [5.74, 6) is 0.0723. The van der Waals surface area contributed by atoms with Crippen LogP contribution >= 0.6 is 0 Å². The molecule has 0 aliphatic carbocycles. The van der Waals surface area contributed by atoms with Gasteiger partial charge in [-0.3, -0.25) is 9.78 Å². The Hall–Kier alpha value is -2.68. The van der Waals surface area contributed by atoms with Gasteiger partial charge < -0.3 is 5.32 Å². The van der Waals surface area contributed by atoms with E-state index in [4.69, 9.17) is 0 Å². The van der Waals surface area contributed by atoms with Crippen molar-refractivity contribution in [2.45, 2.75) is 66.3 Å². The number of rotatable bonds is 6. The van der Waals surface area contributed by atoms with E-state index in [1.54, 1.807) is 0 Å². The summed E-state index contributed by atoms with van der Waals surface area (Å²) in [5.41, 5.74) is 4.17. The number of hydrogen-bond donors (Lipinski definition) is 1. The predicted molar refractivity (Wildman–Crippen MR) is 123 cm³/mol. The van der Waals surface area contributed by atoms with Crippen LogP contribution in [0.5, 0.6) is 0 Å². The van der Waals surface area contributed by atoms with Crippen LogP contribution in [0, 0.1) is 20.8 Å². The lowest BCUT2D eigenvalue weighted by Crippen LogP contribution is -2.35. The summed E-state index contributed by atoms with van der Waals surface area (Å²) in [7, 11) is 0. The number of pyridine rings is 1. The monoisotopic (exact) mass is 390 g/mol. The maximum Gasteiger partial charge on any atom is 0.251 e. The molecule has 3 heteroatoms. The fourth-order valence-corrected chi connectivity index (χ4v) is 3.52. The minimum Gasteiger partial charge on any atom is -0.349 e. The number of nitrogens with one attached hydrogen (secondary N) is 1. The molecule has 154 valence electrons. The molecular formula is C26H34N2O. The molecule has 1 N–H and O–H groups in total. The zero-order chi connectivity index (χ0) is 21.2. The van der Waals surface area contributed by atoms with Crippen molar-refractivity contribution in [2.75, 3.05) is 0 Å². The number of aryl methyl sites for hydroxylation is 2. The van der Waals surface area contributed by atoms with E-state index < -0.39 is 0 Å². The highest BCUT2D eigenvalue weighted by Gasteiger charge is 2.14. The van der Waals surface area contributed by atoms with Gasteiger partial charge in [-0.25, -0.2) is 0 Å². The smallest absolute Gasteiger partial charge is 0.251 e. The number of nitrogens with zero attached hydrogens (tertiary/aromatic N) is 1. The molecule has 29 heavy (non-hydrogen) atoms. The molecule has 0 bridgehead atoms. The zero-order valence-corrected chi connectivity index (χ0v) is 18.5. The maximum atomic E-state index is 12.3. The third-order valence-electron chi connectivity index (χ3n) is 5.33. The fraction of sp³-hybridized carbons (Fsp3) is 0.385. The first kappa shape index (κ1) is 22.6. The number of carbonyl (C=O) groups is 1. The van der Waals surface area contributed by atoms with E-state index in [-0.39, 0.29) is 5.91 Å². The summed E-state index contributed by atoms with van der Waals surface area (Å²) >= 11 is 0. The van der Waals surface area contributed by atoms with E-state index in [1.807, 2.05) is 63.4 Å². The standard InChI is InChI=1S/C16H25NO.C10H9N/c1-5-8-14(9-6-2)17-16(18)15-11-7-10-12(3)13(15)4;1-8-10-5-3-2-4-9(10)6-7-11-8/h7,10-11,14H,5-6,8-9H2,1-4H3,(H,17,18);2-7H,1H3. The van der Waals surface area contributed by atoms with Crippen LogP contribution in [0.15, 0.2) is 54.7 Å². The second-order valence-corrected chi connectivity index (χ2v) is 7.61. The Morgan fingerprint density at radius 1 is 0.931 bits per heavy atom. The van der Waals surface area contributed by atoms with Gasteiger partial charge in [0.05, 0.1) is 0 Å². The van der Waals surface area contributed by atoms with Gasteiger partial charge in [0.15, 0.2) is 0 Å². The molecule has 2 aromatic carbocycles. The fourth-order valence-electron chi connectivity index (χ4n) is 3.52. The zero-order valence-electron chi connectivity index (χ0n) is 18.5. The molecule has 0 saturated heterocycles. The Labute approximate surface area is 175 Å². The molecule has 0 fully saturated rings. The van der Waals surface area contributed by atoms with Crippen molar-refractivity contribution >= 4 is 16.7 Å². The van der Waals surface area contributed by atoms with Gasteiger partial charge in [0, 0.05) is 28.9 Å². The number of fused-ring (bicyclic) bond motifs is 1. The van der Waals surface area contributed by atoms with Crippen molar-refractivity contribution < 1.29 is 4.79 Å². The highest BCUT2D eigenvalue weighted by molar-refractivity contribution is 5.96. The van der Waals surface area contributed by atoms with Crippen LogP contribution in [-0.2, 0) is 0 Å². The van der Waals surface area contributed by atoms with Gasteiger partial charge in [-0.2, -0.15) is 0 Å². The SMILES string of the molecule is CCCC(CCC)NC(=O)c1cccc(C)c1C.Cc1nccc2ccccc12. The molecule has 0 radical (unpaired) electrons. The molecule has 1 aromatic heterocycles. The van der Waals surface area contributed by atoms with Crippen molar-refractivity contribution in [2.24, 2.45) is 0 Å². The van der Waals surface area contributed by atoms with Crippen LogP contribution in [-0.4, -0.2) is 16.9 Å². The Morgan fingerprint density at radius 3 is 2.28 bits per heavy atom. The number of amides is 1. The van der Waals surface area contributed by atoms with Gasteiger partial charge in [-0.1, -0.05) is 63.1 Å². The van der Waals surface area contributed by atoms with Crippen molar-refractivity contribution in [1.82, 2.24) is 10.3 Å². The Kier molecular flexibility index (Phi) is 8.85. The minimum atomic E-state index is 0.0723. The molecule has 0 unspecified atom stereocenters. The van der Waals surface area contributed by atoms with Gasteiger partial charge in [0.1, 0.15) is 0 Å². The van der Waals surface area contributed by atoms with E-state index in [2.05, 4.69) is 36.3 Å². The van der Waals surface area contributed by atoms with Gasteiger partial charge in [-0.15, -0.1) is 0 Å². The van der Waals surface area contributed by atoms with E-state index in [1.165, 1.54) is 16.3 Å². The predicted octanol–water partition coefficient (Wildman–Crippen LogP) is 6.55. The second-order valence-electron chi connectivity index (χ2n) is 7.61. The topological polar surface area (TPSA) is 42.0 Å². The lowest BCUT2D eigenvalue weighted by molar-refractivity contribution is 0.0932. The summed E-state index contributed by atoms with van der Waals surface area (Å²) in [6.45, 7) is 10.4. The Bertz CT molecular complexity index is 922. The average Bonchev–Trinajstić information content (AvgIpc) is 2.71. The Morgan fingerprint density at radius 2 is 1.62 bits per heavy atom. The van der Waals surface area contributed by atoms with Crippen LogP contribution in [0.3, 0.4) is 0 Å². The van der Waals surface area contributed by atoms with Crippen LogP contribution in [0.4, 0.5) is 0 Å². The van der Waals surface area contributed by atoms with Crippen LogP contribution in [0.1, 0.15) is 66.7 Å². The first-order valence-electron chi connectivity index (χ1n) is 10.6. The third kappa shape index (κ3) is 6.42. The number of aromatic nitrogens is 1. The molecule has 0 spiro atoms. The molecule has 0 aliphatic heterocycles. The van der Waals surface area contributed by atoms with E-state index in [0.717, 1.165) is 42.5 Å². The van der Waals surface area contributed by atoms with Crippen LogP contribution in [0.25, 0.3) is 10.8 Å². The van der Waals surface area contributed by atoms with E-state index in [9.17, 15) is 4.79 Å². The summed E-state index contributed by atoms with van der Waals surface area (Å²) in [4.78, 5) is 16.5. The normalized spacial score (nSPS) is 10.6. The van der Waals surface area contributed by atoms with Crippen molar-refractivity contribution in [3.8, 4) is 0 Å². The van der Waals surface area contributed by atoms with Gasteiger partial charge in [-0.05, 0) is 62.3 Å². The third-order valence-corrected chi connectivity index (χ3v) is 5.33. The lowest BCUT2D eigenvalue weighted by atomic mass is 10.0. The van der Waals surface area contributed by atoms with Crippen molar-refractivity contribution in [3.63, 3.8) is 0 Å². The molecule has 0 saturated carbocycles. The first-order chi connectivity index (χ1) is 14.0. The summed E-state index contributed by atoms with van der Waals surface area (Å²) in [6.07, 6.45) is 6.18. The highest BCUT2D eigenvalue weighted by atomic mass is 16.1. The molecule has 3 nitrogen and oxygen atoms in total. The molecule has 3 rings (SSSR count). The number of hydrogen-bond acceptors (Lipinski definition) is 2. The van der Waals surface area contributed by atoms with Gasteiger partial charge in [0.2, 0.25) is 0 Å². The maximum absolute atomic E-state index is 12.3. The lowest BCUT2D eigenvalue weighted by Gasteiger charge is -2.18. The highest BCUT2D eigenvalue weighted by Crippen LogP contribution is 2.15. The van der Waals surface area contributed by atoms with Crippen LogP contribution in [0.2, 0.25) is 0 Å². The van der Waals surface area contributed by atoms with Crippen LogP contribution < -0.4 is 5.32 Å². The van der Waals surface area contributed by atoms with E-state index >= 15 is 0 Å². The second kappa shape index (κ2) is 11.4. The summed E-state index contributed by atoms with van der Waals surface area (Å²) < 4.78 is 0. The molecule has 3 aromatic rings. The average molecular weight is 391 g/mol. The quantitative estimate of drug-likeness (QED) is 0.519. The van der Waals surface area contributed by atoms with Gasteiger partial charge >= 0.3 is 0 Å². The van der Waals surface area contributed by atoms with E-state index in [0.29, 0.717) is 6.04 Å².